The van der Waals surface area contributed by atoms with E-state index in [0.29, 0.717) is 24.6 Å². The second-order valence-electron chi connectivity index (χ2n) is 7.97. The minimum Gasteiger partial charge on any atom is -0.342 e. The van der Waals surface area contributed by atoms with E-state index in [1.807, 2.05) is 43.4 Å². The van der Waals surface area contributed by atoms with E-state index < -0.39 is 0 Å². The summed E-state index contributed by atoms with van der Waals surface area (Å²) < 4.78 is 22.2. The van der Waals surface area contributed by atoms with Crippen LogP contribution in [0.5, 0.6) is 0 Å². The van der Waals surface area contributed by atoms with Gasteiger partial charge in [0.05, 0.1) is 18.8 Å². The summed E-state index contributed by atoms with van der Waals surface area (Å²) in [5.74, 6) is 0.415. The summed E-state index contributed by atoms with van der Waals surface area (Å²) in [5.41, 5.74) is 2.66. The van der Waals surface area contributed by atoms with E-state index in [1.165, 1.54) is 37.2 Å². The van der Waals surface area contributed by atoms with Crippen molar-refractivity contribution in [2.45, 2.75) is 38.1 Å². The van der Waals surface area contributed by atoms with Gasteiger partial charge >= 0.3 is 0 Å². The number of unbranched alkanes of at least 4 members (excludes halogenated alkanes) is 2. The molecule has 0 saturated heterocycles. The van der Waals surface area contributed by atoms with E-state index in [4.69, 9.17) is 4.18 Å². The first-order valence-electron chi connectivity index (χ1n) is 10.9. The monoisotopic (exact) mass is 442 g/mol. The van der Waals surface area contributed by atoms with Crippen LogP contribution in [0.25, 0.3) is 6.08 Å². The number of nitrogens with zero attached hydrogens (tertiary/aromatic N) is 1. The third-order valence-electron chi connectivity index (χ3n) is 5.54. The molecule has 0 heterocycles. The number of rotatable bonds is 13. The lowest BCUT2D eigenvalue weighted by Crippen LogP contribution is -2.28. The number of halogens is 1. The predicted molar refractivity (Wildman–Crippen MR) is 126 cm³/mol. The highest BCUT2D eigenvalue weighted by molar-refractivity contribution is 7.92. The molecule has 6 heteroatoms. The van der Waals surface area contributed by atoms with Crippen LogP contribution in [0.4, 0.5) is 4.39 Å². The van der Waals surface area contributed by atoms with E-state index in [9.17, 15) is 9.18 Å². The Bertz CT molecular complexity index is 855. The van der Waals surface area contributed by atoms with Gasteiger partial charge in [-0.15, -0.1) is 0 Å². The maximum Gasteiger partial charge on any atom is 0.254 e. The van der Waals surface area contributed by atoms with Gasteiger partial charge in [-0.1, -0.05) is 43.0 Å². The van der Waals surface area contributed by atoms with Gasteiger partial charge < -0.3 is 9.08 Å². The second-order valence-corrected chi connectivity index (χ2v) is 8.61. The van der Waals surface area contributed by atoms with Gasteiger partial charge in [-0.05, 0) is 67.3 Å². The first-order valence-corrected chi connectivity index (χ1v) is 11.6. The molecular weight excluding hydrogens is 411 g/mol. The topological polar surface area (TPSA) is 41.6 Å². The molecule has 1 aliphatic carbocycles. The Labute approximate surface area is 189 Å². The molecule has 1 atom stereocenters. The average Bonchev–Trinajstić information content (AvgIpc) is 3.63. The smallest absolute Gasteiger partial charge is 0.254 e. The quantitative estimate of drug-likeness (QED) is 0.234. The molecule has 1 aliphatic rings. The third kappa shape index (κ3) is 7.20. The lowest BCUT2D eigenvalue weighted by Gasteiger charge is -2.18. The van der Waals surface area contributed by atoms with Crippen molar-refractivity contribution in [3.63, 3.8) is 0 Å². The van der Waals surface area contributed by atoms with E-state index in [-0.39, 0.29) is 17.8 Å². The van der Waals surface area contributed by atoms with Gasteiger partial charge in [0.2, 0.25) is 0 Å². The zero-order valence-corrected chi connectivity index (χ0v) is 18.9. The summed E-state index contributed by atoms with van der Waals surface area (Å²) in [6.07, 6.45) is 6.96. The predicted octanol–water partition coefficient (Wildman–Crippen LogP) is 6.03. The molecule has 2 aromatic rings. The molecule has 3 rings (SSSR count). The van der Waals surface area contributed by atoms with E-state index in [2.05, 4.69) is 11.3 Å². The van der Waals surface area contributed by atoms with Crippen molar-refractivity contribution in [1.29, 1.82) is 0 Å². The molecule has 1 saturated carbocycles. The van der Waals surface area contributed by atoms with Crippen molar-refractivity contribution in [2.24, 2.45) is 5.92 Å². The molecule has 166 valence electrons. The standard InChI is InChI=1S/C25H31FN2O2S/c1-3-19-9-5-6-10-23(19)25(29)28(2)17-7-4-8-18-30-31-27-24(20-11-12-20)21-13-15-22(26)16-14-21/h3,5-6,9-10,13-16,20,24,27H,1,4,7-8,11-12,17-18H2,2H3. The van der Waals surface area contributed by atoms with Crippen molar-refractivity contribution in [3.8, 4) is 0 Å². The fourth-order valence-electron chi connectivity index (χ4n) is 3.53. The molecule has 1 unspecified atom stereocenters. The number of nitrogens with one attached hydrogen (secondary N) is 1. The molecule has 0 aliphatic heterocycles. The van der Waals surface area contributed by atoms with Crippen LogP contribution in [-0.4, -0.2) is 31.0 Å². The Morgan fingerprint density at radius 3 is 2.68 bits per heavy atom. The highest BCUT2D eigenvalue weighted by atomic mass is 32.2. The largest absolute Gasteiger partial charge is 0.342 e. The lowest BCUT2D eigenvalue weighted by molar-refractivity contribution is 0.0792. The Hall–Kier alpha value is -2.15. The minimum atomic E-state index is -0.209. The SMILES string of the molecule is C=Cc1ccccc1C(=O)N(C)CCCCCOSNC(c1ccc(F)cc1)C1CC1. The summed E-state index contributed by atoms with van der Waals surface area (Å²) >= 11 is 1.28. The van der Waals surface area contributed by atoms with Crippen molar-refractivity contribution in [3.05, 3.63) is 77.6 Å². The number of hydrogen-bond acceptors (Lipinski definition) is 4. The maximum absolute atomic E-state index is 13.2. The molecule has 1 amide bonds. The number of carbonyl (C=O) groups is 1. The summed E-state index contributed by atoms with van der Waals surface area (Å²) in [6.45, 7) is 5.14. The van der Waals surface area contributed by atoms with Crippen LogP contribution in [0.3, 0.4) is 0 Å². The molecule has 4 nitrogen and oxygen atoms in total. The number of carbonyl (C=O) groups excluding carboxylic acids is 1. The average molecular weight is 443 g/mol. The van der Waals surface area contributed by atoms with E-state index in [0.717, 1.165) is 30.4 Å². The van der Waals surface area contributed by atoms with E-state index >= 15 is 0 Å². The minimum absolute atomic E-state index is 0.0263. The van der Waals surface area contributed by atoms with Crippen molar-refractivity contribution < 1.29 is 13.4 Å². The number of hydrogen-bond donors (Lipinski definition) is 1. The Morgan fingerprint density at radius 2 is 1.97 bits per heavy atom. The molecule has 0 radical (unpaired) electrons. The van der Waals surface area contributed by atoms with Crippen LogP contribution < -0.4 is 4.72 Å². The molecule has 2 aromatic carbocycles. The van der Waals surface area contributed by atoms with Crippen molar-refractivity contribution >= 4 is 24.2 Å². The summed E-state index contributed by atoms with van der Waals surface area (Å²) in [7, 11) is 1.84. The fraction of sp³-hybridized carbons (Fsp3) is 0.400. The van der Waals surface area contributed by atoms with Gasteiger partial charge in [-0.3, -0.25) is 4.79 Å². The van der Waals surface area contributed by atoms with Crippen LogP contribution >= 0.6 is 12.2 Å². The molecule has 31 heavy (non-hydrogen) atoms. The van der Waals surface area contributed by atoms with Gasteiger partial charge in [0, 0.05) is 25.2 Å². The molecule has 0 bridgehead atoms. The second kappa shape index (κ2) is 12.0. The lowest BCUT2D eigenvalue weighted by atomic mass is 10.0. The molecule has 1 fully saturated rings. The van der Waals surface area contributed by atoms with Crippen molar-refractivity contribution in [1.82, 2.24) is 9.62 Å². The number of amides is 1. The zero-order chi connectivity index (χ0) is 22.1. The van der Waals surface area contributed by atoms with Gasteiger partial charge in [-0.2, -0.15) is 0 Å². The Morgan fingerprint density at radius 1 is 1.23 bits per heavy atom. The van der Waals surface area contributed by atoms with Gasteiger partial charge in [0.25, 0.3) is 5.91 Å². The van der Waals surface area contributed by atoms with Crippen LogP contribution in [0.15, 0.2) is 55.1 Å². The van der Waals surface area contributed by atoms with Crippen LogP contribution in [0, 0.1) is 11.7 Å². The van der Waals surface area contributed by atoms with Gasteiger partial charge in [0.1, 0.15) is 5.82 Å². The summed E-state index contributed by atoms with van der Waals surface area (Å²) in [5, 5.41) is 0. The highest BCUT2D eigenvalue weighted by Gasteiger charge is 2.32. The molecule has 0 aromatic heterocycles. The summed E-state index contributed by atoms with van der Waals surface area (Å²) in [4.78, 5) is 14.4. The highest BCUT2D eigenvalue weighted by Crippen LogP contribution is 2.42. The third-order valence-corrected chi connectivity index (χ3v) is 6.17. The maximum atomic E-state index is 13.2. The first-order chi connectivity index (χ1) is 15.1. The Balaban J connectivity index is 1.29. The first kappa shape index (κ1) is 23.5. The van der Waals surface area contributed by atoms with Crippen molar-refractivity contribution in [2.75, 3.05) is 20.2 Å². The Kier molecular flexibility index (Phi) is 9.13. The van der Waals surface area contributed by atoms with Gasteiger partial charge in [-0.25, -0.2) is 9.11 Å². The molecular formula is C25H31FN2O2S. The number of benzene rings is 2. The van der Waals surface area contributed by atoms with Crippen LogP contribution in [0.2, 0.25) is 0 Å². The van der Waals surface area contributed by atoms with Gasteiger partial charge in [0.15, 0.2) is 0 Å². The van der Waals surface area contributed by atoms with Crippen LogP contribution in [0.1, 0.15) is 59.6 Å². The fourth-order valence-corrected chi connectivity index (χ4v) is 4.23. The molecule has 1 N–H and O–H groups in total. The van der Waals surface area contributed by atoms with Crippen LogP contribution in [-0.2, 0) is 4.18 Å². The van der Waals surface area contributed by atoms with E-state index in [1.54, 1.807) is 11.0 Å². The zero-order valence-electron chi connectivity index (χ0n) is 18.1. The normalized spacial score (nSPS) is 14.3. The molecule has 0 spiro atoms. The summed E-state index contributed by atoms with van der Waals surface area (Å²) in [6, 6.07) is 14.4.